The summed E-state index contributed by atoms with van der Waals surface area (Å²) in [6.45, 7) is -2.25. The lowest BCUT2D eigenvalue weighted by atomic mass is 10.2. The number of nitrogens with zero attached hydrogens (tertiary/aromatic N) is 1. The minimum absolute atomic E-state index is 0.319. The molecule has 0 unspecified atom stereocenters. The summed E-state index contributed by atoms with van der Waals surface area (Å²) in [6, 6.07) is -0.948. The van der Waals surface area contributed by atoms with E-state index in [9.17, 15) is 18.0 Å². The van der Waals surface area contributed by atoms with Gasteiger partial charge in [0.2, 0.25) is 5.91 Å². The summed E-state index contributed by atoms with van der Waals surface area (Å²) in [5.41, 5.74) is 5.50. The molecule has 0 saturated heterocycles. The second-order valence-corrected chi connectivity index (χ2v) is 4.47. The van der Waals surface area contributed by atoms with E-state index in [1.165, 1.54) is 11.8 Å². The topological polar surface area (TPSA) is 66.6 Å². The molecule has 4 nitrogen and oxygen atoms in total. The summed E-state index contributed by atoms with van der Waals surface area (Å²) in [5.74, 6) is -0.170. The van der Waals surface area contributed by atoms with Crippen LogP contribution in [-0.2, 0) is 4.79 Å². The van der Waals surface area contributed by atoms with E-state index in [4.69, 9.17) is 10.8 Å². The number of nitrogens with two attached hydrogens (primary N) is 1. The molecule has 0 fully saturated rings. The molecule has 1 amide bonds. The highest BCUT2D eigenvalue weighted by atomic mass is 32.2. The third-order valence-corrected chi connectivity index (χ3v) is 2.65. The molecule has 0 bridgehead atoms. The molecule has 8 heteroatoms. The molecule has 0 aliphatic rings. The highest BCUT2D eigenvalue weighted by molar-refractivity contribution is 7.98. The molecule has 0 heterocycles. The zero-order valence-electron chi connectivity index (χ0n) is 9.54. The molecule has 0 aliphatic carbocycles. The van der Waals surface area contributed by atoms with Crippen molar-refractivity contribution in [2.75, 3.05) is 31.7 Å². The molecule has 0 saturated carbocycles. The zero-order valence-corrected chi connectivity index (χ0v) is 10.4. The highest BCUT2D eigenvalue weighted by Crippen LogP contribution is 2.17. The van der Waals surface area contributed by atoms with Gasteiger partial charge >= 0.3 is 6.18 Å². The fourth-order valence-electron chi connectivity index (χ4n) is 1.21. The van der Waals surface area contributed by atoms with Crippen molar-refractivity contribution < 1.29 is 23.1 Å². The summed E-state index contributed by atoms with van der Waals surface area (Å²) in [5, 5.41) is 8.63. The first-order chi connectivity index (χ1) is 7.81. The number of amides is 1. The van der Waals surface area contributed by atoms with Crippen molar-refractivity contribution in [1.29, 1.82) is 0 Å². The van der Waals surface area contributed by atoms with E-state index in [-0.39, 0.29) is 6.54 Å². The van der Waals surface area contributed by atoms with E-state index in [0.717, 1.165) is 0 Å². The molecule has 17 heavy (non-hydrogen) atoms. The predicted molar refractivity (Wildman–Crippen MR) is 60.7 cm³/mol. The summed E-state index contributed by atoms with van der Waals surface area (Å²) in [6.07, 6.45) is -2.34. The molecule has 0 aliphatic heterocycles. The van der Waals surface area contributed by atoms with Crippen LogP contribution in [0.2, 0.25) is 0 Å². The number of carbonyl (C=O) groups excluding carboxylic acids is 1. The van der Waals surface area contributed by atoms with E-state index < -0.39 is 31.3 Å². The lowest BCUT2D eigenvalue weighted by Crippen LogP contribution is -2.48. The van der Waals surface area contributed by atoms with Crippen LogP contribution in [0.5, 0.6) is 0 Å². The number of rotatable bonds is 7. The van der Waals surface area contributed by atoms with Gasteiger partial charge in [0, 0.05) is 6.54 Å². The molecule has 102 valence electrons. The smallest absolute Gasteiger partial charge is 0.395 e. The Balaban J connectivity index is 4.42. The molecule has 1 atom stereocenters. The van der Waals surface area contributed by atoms with Crippen molar-refractivity contribution in [3.05, 3.63) is 0 Å². The van der Waals surface area contributed by atoms with Crippen LogP contribution in [0.1, 0.15) is 6.42 Å². The van der Waals surface area contributed by atoms with Crippen molar-refractivity contribution in [2.45, 2.75) is 18.6 Å². The Hall–Kier alpha value is -0.470. The second kappa shape index (κ2) is 7.78. The summed E-state index contributed by atoms with van der Waals surface area (Å²) in [4.78, 5) is 12.1. The number of hydrogen-bond acceptors (Lipinski definition) is 4. The maximum Gasteiger partial charge on any atom is 0.406 e. The first-order valence-corrected chi connectivity index (χ1v) is 6.42. The molecule has 0 aromatic rings. The van der Waals surface area contributed by atoms with E-state index in [2.05, 4.69) is 0 Å². The van der Waals surface area contributed by atoms with E-state index in [1.54, 1.807) is 0 Å². The van der Waals surface area contributed by atoms with Crippen LogP contribution < -0.4 is 5.73 Å². The Morgan fingerprint density at radius 2 is 2.12 bits per heavy atom. The standard InChI is InChI=1S/C9H17F3N2O2S/c1-17-5-2-7(13)8(16)14(3-4-15)6-9(10,11)12/h7,15H,2-6,13H2,1H3/t7-/m0/s1. The SMILES string of the molecule is CSCC[C@H](N)C(=O)N(CCO)CC(F)(F)F. The Bertz CT molecular complexity index is 239. The third-order valence-electron chi connectivity index (χ3n) is 2.00. The lowest BCUT2D eigenvalue weighted by Gasteiger charge is -2.25. The van der Waals surface area contributed by atoms with Gasteiger partial charge in [-0.3, -0.25) is 4.79 Å². The second-order valence-electron chi connectivity index (χ2n) is 3.49. The van der Waals surface area contributed by atoms with Crippen LogP contribution in [0.25, 0.3) is 0 Å². The molecular formula is C9H17F3N2O2S. The average molecular weight is 274 g/mol. The number of hydrogen-bond donors (Lipinski definition) is 2. The van der Waals surface area contributed by atoms with Gasteiger partial charge in [0.25, 0.3) is 0 Å². The van der Waals surface area contributed by atoms with Crippen molar-refractivity contribution in [3.63, 3.8) is 0 Å². The van der Waals surface area contributed by atoms with Gasteiger partial charge in [-0.2, -0.15) is 24.9 Å². The van der Waals surface area contributed by atoms with Gasteiger partial charge in [0.05, 0.1) is 12.6 Å². The Morgan fingerprint density at radius 3 is 2.53 bits per heavy atom. The number of aliphatic hydroxyl groups excluding tert-OH is 1. The van der Waals surface area contributed by atoms with Crippen molar-refractivity contribution in [3.8, 4) is 0 Å². The minimum atomic E-state index is -4.48. The van der Waals surface area contributed by atoms with Gasteiger partial charge < -0.3 is 15.7 Å². The van der Waals surface area contributed by atoms with Gasteiger partial charge in [0.1, 0.15) is 6.54 Å². The molecule has 0 aromatic heterocycles. The number of thioether (sulfide) groups is 1. The van der Waals surface area contributed by atoms with Crippen LogP contribution in [0, 0.1) is 0 Å². The van der Waals surface area contributed by atoms with Crippen LogP contribution in [-0.4, -0.2) is 59.8 Å². The molecule has 0 spiro atoms. The molecular weight excluding hydrogens is 257 g/mol. The summed E-state index contributed by atoms with van der Waals surface area (Å²) >= 11 is 1.46. The number of carbonyl (C=O) groups is 1. The van der Waals surface area contributed by atoms with Gasteiger partial charge in [-0.15, -0.1) is 0 Å². The quantitative estimate of drug-likeness (QED) is 0.707. The number of aliphatic hydroxyl groups is 1. The van der Waals surface area contributed by atoms with Crippen LogP contribution in [0.3, 0.4) is 0 Å². The maximum absolute atomic E-state index is 12.2. The van der Waals surface area contributed by atoms with Crippen molar-refractivity contribution in [1.82, 2.24) is 4.90 Å². The highest BCUT2D eigenvalue weighted by Gasteiger charge is 2.34. The maximum atomic E-state index is 12.2. The zero-order chi connectivity index (χ0) is 13.5. The monoisotopic (exact) mass is 274 g/mol. The Morgan fingerprint density at radius 1 is 1.53 bits per heavy atom. The average Bonchev–Trinajstić information content (AvgIpc) is 2.22. The van der Waals surface area contributed by atoms with Gasteiger partial charge in [-0.05, 0) is 18.4 Å². The van der Waals surface area contributed by atoms with Crippen LogP contribution in [0.15, 0.2) is 0 Å². The van der Waals surface area contributed by atoms with Gasteiger partial charge in [0.15, 0.2) is 0 Å². The molecule has 0 rings (SSSR count). The van der Waals surface area contributed by atoms with E-state index >= 15 is 0 Å². The van der Waals surface area contributed by atoms with Gasteiger partial charge in [-0.1, -0.05) is 0 Å². The first kappa shape index (κ1) is 16.5. The molecule has 0 radical (unpaired) electrons. The van der Waals surface area contributed by atoms with Crippen LogP contribution >= 0.6 is 11.8 Å². The summed E-state index contributed by atoms with van der Waals surface area (Å²) in [7, 11) is 0. The predicted octanol–water partition coefficient (Wildman–Crippen LogP) is 0.450. The minimum Gasteiger partial charge on any atom is -0.395 e. The normalized spacial score (nSPS) is 13.5. The van der Waals surface area contributed by atoms with Gasteiger partial charge in [-0.25, -0.2) is 0 Å². The largest absolute Gasteiger partial charge is 0.406 e. The summed E-state index contributed by atoms with van der Waals surface area (Å²) < 4.78 is 36.6. The number of alkyl halides is 3. The molecule has 3 N–H and O–H groups in total. The van der Waals surface area contributed by atoms with Crippen molar-refractivity contribution >= 4 is 17.7 Å². The third kappa shape index (κ3) is 7.45. The van der Waals surface area contributed by atoms with Crippen molar-refractivity contribution in [2.24, 2.45) is 5.73 Å². The first-order valence-electron chi connectivity index (χ1n) is 5.02. The Labute approximate surface area is 102 Å². The van der Waals surface area contributed by atoms with E-state index in [1.807, 2.05) is 6.26 Å². The Kier molecular flexibility index (Phi) is 7.56. The fourth-order valence-corrected chi connectivity index (χ4v) is 1.70. The number of halogens is 3. The van der Waals surface area contributed by atoms with E-state index in [0.29, 0.717) is 17.1 Å². The van der Waals surface area contributed by atoms with Crippen LogP contribution in [0.4, 0.5) is 13.2 Å². The fraction of sp³-hybridized carbons (Fsp3) is 0.889. The lowest BCUT2D eigenvalue weighted by molar-refractivity contribution is -0.162. The molecule has 0 aromatic carbocycles.